The summed E-state index contributed by atoms with van der Waals surface area (Å²) >= 11 is 0. The van der Waals surface area contributed by atoms with E-state index in [2.05, 4.69) is 15.6 Å². The zero-order chi connectivity index (χ0) is 25.4. The Bertz CT molecular complexity index is 1060. The van der Waals surface area contributed by atoms with Crippen LogP contribution in [0, 0.1) is 0 Å². The lowest BCUT2D eigenvalue weighted by Gasteiger charge is -2.28. The van der Waals surface area contributed by atoms with Crippen molar-refractivity contribution in [1.82, 2.24) is 20.5 Å². The first-order valence-corrected chi connectivity index (χ1v) is 12.0. The Morgan fingerprint density at radius 3 is 2.59 bits per heavy atom. The summed E-state index contributed by atoms with van der Waals surface area (Å²) < 4.78 is 28.7. The summed E-state index contributed by atoms with van der Waals surface area (Å²) in [5, 5.41) is 4.93. The molecule has 1 saturated heterocycles. The van der Waals surface area contributed by atoms with Gasteiger partial charge in [0, 0.05) is 44.0 Å². The van der Waals surface area contributed by atoms with Crippen molar-refractivity contribution in [2.24, 2.45) is 11.5 Å². The minimum atomic E-state index is -4.04. The number of alkyl carbamates (subject to hydrolysis) is 1. The summed E-state index contributed by atoms with van der Waals surface area (Å²) in [6, 6.07) is 1.53. The van der Waals surface area contributed by atoms with E-state index in [1.54, 1.807) is 0 Å². The molecule has 2 heterocycles. The van der Waals surface area contributed by atoms with Crippen LogP contribution in [-0.2, 0) is 24.2 Å². The average molecular weight is 497 g/mol. The predicted molar refractivity (Wildman–Crippen MR) is 122 cm³/mol. The Morgan fingerprint density at radius 2 is 1.94 bits per heavy atom. The number of sulfone groups is 1. The highest BCUT2D eigenvalue weighted by Crippen LogP contribution is 2.34. The van der Waals surface area contributed by atoms with Crippen LogP contribution in [0.4, 0.5) is 4.79 Å². The average Bonchev–Trinajstić information content (AvgIpc) is 3.03. The number of carbonyl (C=O) groups is 4. The quantitative estimate of drug-likeness (QED) is 0.207. The number of rotatable bonds is 10. The molecule has 14 heteroatoms. The Balaban J connectivity index is 2.17. The second-order valence-corrected chi connectivity index (χ2v) is 10.0. The number of nitrogens with zero attached hydrogens (tertiary/aromatic N) is 2. The zero-order valence-corrected chi connectivity index (χ0v) is 19.4. The van der Waals surface area contributed by atoms with Crippen LogP contribution in [0.2, 0.25) is 0 Å². The lowest BCUT2D eigenvalue weighted by Crippen LogP contribution is -2.51. The van der Waals surface area contributed by atoms with E-state index in [9.17, 15) is 27.6 Å². The van der Waals surface area contributed by atoms with E-state index in [0.717, 1.165) is 11.0 Å². The van der Waals surface area contributed by atoms with Gasteiger partial charge in [-0.2, -0.15) is 0 Å². The molecule has 1 aliphatic heterocycles. The van der Waals surface area contributed by atoms with E-state index in [0.29, 0.717) is 18.4 Å². The van der Waals surface area contributed by atoms with Crippen molar-refractivity contribution in [2.45, 2.75) is 17.7 Å². The van der Waals surface area contributed by atoms with Gasteiger partial charge in [-0.05, 0) is 25.1 Å². The third kappa shape index (κ3) is 6.15. The van der Waals surface area contributed by atoms with E-state index in [1.807, 2.05) is 0 Å². The maximum Gasteiger partial charge on any atom is 0.407 e. The van der Waals surface area contributed by atoms with Crippen molar-refractivity contribution < 1.29 is 32.3 Å². The molecule has 2 rings (SSSR count). The number of hydrogen-bond acceptors (Lipinski definition) is 10. The number of nitrogens with two attached hydrogens (primary N) is 2. The molecule has 2 atom stereocenters. The maximum absolute atomic E-state index is 12.8. The van der Waals surface area contributed by atoms with E-state index in [1.165, 1.54) is 31.3 Å². The van der Waals surface area contributed by atoms with E-state index in [4.69, 9.17) is 16.2 Å². The molecule has 0 aromatic carbocycles. The van der Waals surface area contributed by atoms with Crippen LogP contribution in [0.5, 0.6) is 0 Å². The van der Waals surface area contributed by atoms with Crippen LogP contribution in [-0.4, -0.2) is 91.9 Å². The number of ether oxygens (including phenoxy) is 1. The van der Waals surface area contributed by atoms with Crippen molar-refractivity contribution in [3.8, 4) is 0 Å². The van der Waals surface area contributed by atoms with Gasteiger partial charge in [0.15, 0.2) is 9.84 Å². The number of amides is 3. The minimum absolute atomic E-state index is 0.124. The molecule has 34 heavy (non-hydrogen) atoms. The highest BCUT2D eigenvalue weighted by atomic mass is 32.2. The van der Waals surface area contributed by atoms with Crippen molar-refractivity contribution >= 4 is 40.1 Å². The fourth-order valence-electron chi connectivity index (χ4n) is 3.17. The molecule has 0 saturated carbocycles. The molecule has 1 unspecified atom stereocenters. The van der Waals surface area contributed by atoms with E-state index < -0.39 is 45.1 Å². The second kappa shape index (κ2) is 11.7. The van der Waals surface area contributed by atoms with Gasteiger partial charge in [0.2, 0.25) is 5.91 Å². The van der Waals surface area contributed by atoms with Gasteiger partial charge < -0.3 is 36.5 Å². The van der Waals surface area contributed by atoms with Crippen LogP contribution in [0.25, 0.3) is 6.08 Å². The molecule has 1 fully saturated rings. The lowest BCUT2D eigenvalue weighted by molar-refractivity contribution is -0.131. The Morgan fingerprint density at radius 1 is 1.26 bits per heavy atom. The van der Waals surface area contributed by atoms with Crippen molar-refractivity contribution in [3.63, 3.8) is 0 Å². The topological polar surface area (TPSA) is 204 Å². The molecule has 1 aromatic heterocycles. The first-order valence-electron chi connectivity index (χ1n) is 10.3. The van der Waals surface area contributed by atoms with Gasteiger partial charge in [-0.1, -0.05) is 0 Å². The number of pyridine rings is 1. The first kappa shape index (κ1) is 26.9. The fourth-order valence-corrected chi connectivity index (χ4v) is 4.91. The second-order valence-electron chi connectivity index (χ2n) is 7.58. The third-order valence-corrected chi connectivity index (χ3v) is 7.56. The van der Waals surface area contributed by atoms with Gasteiger partial charge >= 0.3 is 6.09 Å². The smallest absolute Gasteiger partial charge is 0.407 e. The van der Waals surface area contributed by atoms with Crippen LogP contribution in [0.1, 0.15) is 23.0 Å². The Hall–Kier alpha value is -3.36. The zero-order valence-electron chi connectivity index (χ0n) is 18.6. The monoisotopic (exact) mass is 496 g/mol. The Kier molecular flexibility index (Phi) is 9.23. The van der Waals surface area contributed by atoms with Gasteiger partial charge in [0.25, 0.3) is 5.91 Å². The predicted octanol–water partition coefficient (Wildman–Crippen LogP) is -1.99. The normalized spacial score (nSPS) is 21.3. The van der Waals surface area contributed by atoms with Crippen LogP contribution in [0.3, 0.4) is 0 Å². The fraction of sp³-hybridized carbons (Fsp3) is 0.450. The van der Waals surface area contributed by atoms with Gasteiger partial charge in [0.1, 0.15) is 29.6 Å². The van der Waals surface area contributed by atoms with Gasteiger partial charge in [-0.15, -0.1) is 0 Å². The summed E-state index contributed by atoms with van der Waals surface area (Å²) in [4.78, 5) is 53.2. The number of nitrogens with one attached hydrogen (secondary N) is 2. The van der Waals surface area contributed by atoms with E-state index >= 15 is 0 Å². The van der Waals surface area contributed by atoms with Crippen LogP contribution >= 0.6 is 0 Å². The van der Waals surface area contributed by atoms with Gasteiger partial charge in [-0.3, -0.25) is 14.6 Å². The van der Waals surface area contributed by atoms with E-state index in [-0.39, 0.29) is 31.2 Å². The SMILES string of the molecule is CC1(COC(=O)NCCN)[C@H](C=O)N(C(=O)/C=C/c2cc(C(=O)NCCN)ccn2)CS1(=O)=O. The number of aromatic nitrogens is 1. The highest BCUT2D eigenvalue weighted by Gasteiger charge is 2.57. The summed E-state index contributed by atoms with van der Waals surface area (Å²) in [5.74, 6) is -1.87. The van der Waals surface area contributed by atoms with Crippen LogP contribution < -0.4 is 22.1 Å². The van der Waals surface area contributed by atoms with Crippen molar-refractivity contribution in [2.75, 3.05) is 38.7 Å². The van der Waals surface area contributed by atoms with Gasteiger partial charge in [0.05, 0.1) is 5.69 Å². The molecule has 6 N–H and O–H groups in total. The molecule has 0 spiro atoms. The lowest BCUT2D eigenvalue weighted by atomic mass is 10.0. The molecular formula is C20H28N6O7S. The molecule has 0 radical (unpaired) electrons. The number of carbonyl (C=O) groups excluding carboxylic acids is 4. The summed E-state index contributed by atoms with van der Waals surface area (Å²) in [7, 11) is -4.04. The maximum atomic E-state index is 12.8. The van der Waals surface area contributed by atoms with Crippen molar-refractivity contribution in [1.29, 1.82) is 0 Å². The molecule has 1 aromatic rings. The summed E-state index contributed by atoms with van der Waals surface area (Å²) in [6.45, 7) is 1.45. The molecule has 3 amide bonds. The first-order chi connectivity index (χ1) is 16.1. The highest BCUT2D eigenvalue weighted by molar-refractivity contribution is 7.93. The third-order valence-electron chi connectivity index (χ3n) is 5.17. The Labute approximate surface area is 196 Å². The molecule has 13 nitrogen and oxygen atoms in total. The molecule has 0 bridgehead atoms. The van der Waals surface area contributed by atoms with Gasteiger partial charge in [-0.25, -0.2) is 13.2 Å². The standard InChI is InChI=1S/C20H28N6O7S/c1-20(12-33-19(30)25-9-6-22)16(11-27)26(13-34(20,31)32)17(28)3-2-15-10-14(4-7-23-15)18(29)24-8-5-21/h2-4,7,10-11,16H,5-6,8-9,12-13,21-22H2,1H3,(H,24,29)(H,25,30)/b3-2+/t16-,20?/m0/s1. The minimum Gasteiger partial charge on any atom is -0.448 e. The number of aldehydes is 1. The molecule has 186 valence electrons. The summed E-state index contributed by atoms with van der Waals surface area (Å²) in [5.41, 5.74) is 11.2. The number of hydrogen-bond donors (Lipinski definition) is 4. The van der Waals surface area contributed by atoms with Crippen LogP contribution in [0.15, 0.2) is 24.4 Å². The molecule has 0 aliphatic carbocycles. The summed E-state index contributed by atoms with van der Waals surface area (Å²) in [6.07, 6.45) is 3.16. The largest absolute Gasteiger partial charge is 0.448 e. The van der Waals surface area contributed by atoms with Crippen molar-refractivity contribution in [3.05, 3.63) is 35.7 Å². The molecular weight excluding hydrogens is 468 g/mol. The molecule has 1 aliphatic rings.